The Balaban J connectivity index is 2.28. The van der Waals surface area contributed by atoms with Gasteiger partial charge in [0.15, 0.2) is 10.4 Å². The SMILES string of the molecule is COc1cccc(OC)c1-n1c(N)nnc1-c1ccc(Br)o1. The Morgan fingerprint density at radius 1 is 1.09 bits per heavy atom. The van der Waals surface area contributed by atoms with Gasteiger partial charge in [-0.25, -0.2) is 0 Å². The smallest absolute Gasteiger partial charge is 0.227 e. The average molecular weight is 365 g/mol. The summed E-state index contributed by atoms with van der Waals surface area (Å²) in [6.07, 6.45) is 0. The first-order chi connectivity index (χ1) is 10.7. The highest BCUT2D eigenvalue weighted by atomic mass is 79.9. The Morgan fingerprint density at radius 3 is 2.32 bits per heavy atom. The number of hydrogen-bond donors (Lipinski definition) is 1. The first-order valence-corrected chi connectivity index (χ1v) is 7.13. The van der Waals surface area contributed by atoms with Gasteiger partial charge in [-0.05, 0) is 40.2 Å². The van der Waals surface area contributed by atoms with Crippen LogP contribution in [0.2, 0.25) is 0 Å². The minimum atomic E-state index is 0.199. The van der Waals surface area contributed by atoms with Crippen LogP contribution >= 0.6 is 15.9 Å². The summed E-state index contributed by atoms with van der Waals surface area (Å²) in [5.41, 5.74) is 6.60. The minimum Gasteiger partial charge on any atom is -0.494 e. The zero-order valence-electron chi connectivity index (χ0n) is 11.9. The zero-order valence-corrected chi connectivity index (χ0v) is 13.5. The number of nitrogens with two attached hydrogens (primary N) is 1. The molecule has 3 aromatic rings. The minimum absolute atomic E-state index is 0.199. The lowest BCUT2D eigenvalue weighted by Gasteiger charge is -2.15. The highest BCUT2D eigenvalue weighted by Gasteiger charge is 2.22. The van der Waals surface area contributed by atoms with Gasteiger partial charge in [0.2, 0.25) is 11.8 Å². The molecular formula is C14H13BrN4O3. The standard InChI is InChI=1S/C14H13BrN4O3/c1-20-8-4-3-5-9(21-2)12(8)19-13(17-18-14(19)16)10-6-7-11(15)22-10/h3-7H,1-2H3,(H2,16,18). The molecular weight excluding hydrogens is 352 g/mol. The third-order valence-electron chi connectivity index (χ3n) is 3.11. The summed E-state index contributed by atoms with van der Waals surface area (Å²) in [4.78, 5) is 0. The van der Waals surface area contributed by atoms with Crippen molar-refractivity contribution in [2.75, 3.05) is 20.0 Å². The monoisotopic (exact) mass is 364 g/mol. The summed E-state index contributed by atoms with van der Waals surface area (Å²) in [7, 11) is 3.14. The zero-order chi connectivity index (χ0) is 15.7. The summed E-state index contributed by atoms with van der Waals surface area (Å²) < 4.78 is 18.6. The number of rotatable bonds is 4. The first-order valence-electron chi connectivity index (χ1n) is 6.33. The van der Waals surface area contributed by atoms with Crippen LogP contribution in [0.1, 0.15) is 0 Å². The molecule has 3 rings (SSSR count). The van der Waals surface area contributed by atoms with E-state index in [-0.39, 0.29) is 5.95 Å². The lowest BCUT2D eigenvalue weighted by atomic mass is 10.2. The fourth-order valence-corrected chi connectivity index (χ4v) is 2.47. The van der Waals surface area contributed by atoms with E-state index < -0.39 is 0 Å². The van der Waals surface area contributed by atoms with Gasteiger partial charge in [0.1, 0.15) is 17.2 Å². The van der Waals surface area contributed by atoms with Gasteiger partial charge in [-0.2, -0.15) is 0 Å². The number of methoxy groups -OCH3 is 2. The molecule has 0 saturated heterocycles. The normalized spacial score (nSPS) is 10.7. The lowest BCUT2D eigenvalue weighted by molar-refractivity contribution is 0.391. The Labute approximate surface area is 134 Å². The second kappa shape index (κ2) is 5.72. The van der Waals surface area contributed by atoms with Gasteiger partial charge in [0.05, 0.1) is 14.2 Å². The molecule has 0 aliphatic carbocycles. The second-order valence-corrected chi connectivity index (χ2v) is 5.11. The first kappa shape index (κ1) is 14.5. The number of halogens is 1. The molecule has 0 bridgehead atoms. The summed E-state index contributed by atoms with van der Waals surface area (Å²) in [5, 5.41) is 8.02. The molecule has 2 N–H and O–H groups in total. The molecule has 0 aliphatic rings. The van der Waals surface area contributed by atoms with Gasteiger partial charge in [-0.3, -0.25) is 4.57 Å². The molecule has 0 amide bonds. The van der Waals surface area contributed by atoms with E-state index in [0.717, 1.165) is 0 Å². The number of anilines is 1. The molecule has 0 fully saturated rings. The predicted molar refractivity (Wildman–Crippen MR) is 84.3 cm³/mol. The molecule has 0 unspecified atom stereocenters. The number of para-hydroxylation sites is 1. The summed E-state index contributed by atoms with van der Waals surface area (Å²) in [5.74, 6) is 2.33. The molecule has 1 aromatic carbocycles. The van der Waals surface area contributed by atoms with Crippen molar-refractivity contribution in [2.45, 2.75) is 0 Å². The maximum Gasteiger partial charge on any atom is 0.227 e. The maximum atomic E-state index is 5.99. The largest absolute Gasteiger partial charge is 0.494 e. The second-order valence-electron chi connectivity index (χ2n) is 4.33. The average Bonchev–Trinajstić information content (AvgIpc) is 3.12. The van der Waals surface area contributed by atoms with Gasteiger partial charge in [-0.1, -0.05) is 6.07 Å². The van der Waals surface area contributed by atoms with Crippen LogP contribution in [0.5, 0.6) is 11.5 Å². The topological polar surface area (TPSA) is 88.3 Å². The summed E-state index contributed by atoms with van der Waals surface area (Å²) in [6, 6.07) is 8.97. The van der Waals surface area contributed by atoms with Crippen LogP contribution in [-0.2, 0) is 0 Å². The van der Waals surface area contributed by atoms with Crippen molar-refractivity contribution in [2.24, 2.45) is 0 Å². The maximum absolute atomic E-state index is 5.99. The number of aromatic nitrogens is 3. The Bertz CT molecular complexity index is 790. The molecule has 0 spiro atoms. The number of nitrogen functional groups attached to an aromatic ring is 1. The summed E-state index contributed by atoms with van der Waals surface area (Å²) in [6.45, 7) is 0. The number of ether oxygens (including phenoxy) is 2. The number of furan rings is 1. The van der Waals surface area contributed by atoms with Gasteiger partial charge in [-0.15, -0.1) is 10.2 Å². The van der Waals surface area contributed by atoms with Crippen LogP contribution in [0.15, 0.2) is 39.4 Å². The lowest BCUT2D eigenvalue weighted by Crippen LogP contribution is -2.06. The van der Waals surface area contributed by atoms with Crippen LogP contribution in [0.3, 0.4) is 0 Å². The molecule has 114 valence electrons. The van der Waals surface area contributed by atoms with Crippen LogP contribution in [0.4, 0.5) is 5.95 Å². The van der Waals surface area contributed by atoms with Gasteiger partial charge in [0, 0.05) is 0 Å². The molecule has 7 nitrogen and oxygen atoms in total. The number of nitrogens with zero attached hydrogens (tertiary/aromatic N) is 3. The number of hydrogen-bond acceptors (Lipinski definition) is 6. The molecule has 2 aromatic heterocycles. The van der Waals surface area contributed by atoms with E-state index in [1.54, 1.807) is 43.1 Å². The van der Waals surface area contributed by atoms with E-state index >= 15 is 0 Å². The molecule has 0 aliphatic heterocycles. The van der Waals surface area contributed by atoms with Crippen LogP contribution < -0.4 is 15.2 Å². The van der Waals surface area contributed by atoms with Crippen molar-refractivity contribution < 1.29 is 13.9 Å². The van der Waals surface area contributed by atoms with Crippen molar-refractivity contribution in [3.8, 4) is 28.8 Å². The quantitative estimate of drug-likeness (QED) is 0.765. The Kier molecular flexibility index (Phi) is 3.76. The Hall–Kier alpha value is -2.48. The van der Waals surface area contributed by atoms with Crippen molar-refractivity contribution in [3.05, 3.63) is 35.0 Å². The van der Waals surface area contributed by atoms with E-state index in [1.807, 2.05) is 6.07 Å². The van der Waals surface area contributed by atoms with Gasteiger partial charge in [0.25, 0.3) is 0 Å². The van der Waals surface area contributed by atoms with E-state index in [0.29, 0.717) is 33.4 Å². The van der Waals surface area contributed by atoms with Gasteiger partial charge < -0.3 is 19.6 Å². The van der Waals surface area contributed by atoms with Crippen LogP contribution in [0, 0.1) is 0 Å². The predicted octanol–water partition coefficient (Wildman–Crippen LogP) is 2.89. The van der Waals surface area contributed by atoms with Crippen molar-refractivity contribution in [1.82, 2.24) is 14.8 Å². The summed E-state index contributed by atoms with van der Waals surface area (Å²) >= 11 is 3.27. The molecule has 0 saturated carbocycles. The molecule has 2 heterocycles. The fraction of sp³-hybridized carbons (Fsp3) is 0.143. The van der Waals surface area contributed by atoms with E-state index in [1.165, 1.54) is 0 Å². The van der Waals surface area contributed by atoms with Gasteiger partial charge >= 0.3 is 0 Å². The van der Waals surface area contributed by atoms with E-state index in [4.69, 9.17) is 19.6 Å². The van der Waals surface area contributed by atoms with Crippen molar-refractivity contribution in [1.29, 1.82) is 0 Å². The molecule has 0 radical (unpaired) electrons. The van der Waals surface area contributed by atoms with E-state index in [9.17, 15) is 0 Å². The van der Waals surface area contributed by atoms with Crippen molar-refractivity contribution >= 4 is 21.9 Å². The highest BCUT2D eigenvalue weighted by molar-refractivity contribution is 9.10. The highest BCUT2D eigenvalue weighted by Crippen LogP contribution is 2.37. The number of benzene rings is 1. The third kappa shape index (κ3) is 2.31. The molecule has 22 heavy (non-hydrogen) atoms. The third-order valence-corrected chi connectivity index (χ3v) is 3.53. The van der Waals surface area contributed by atoms with Crippen molar-refractivity contribution in [3.63, 3.8) is 0 Å². The molecule has 8 heteroatoms. The molecule has 0 atom stereocenters. The van der Waals surface area contributed by atoms with E-state index in [2.05, 4.69) is 26.1 Å². The van der Waals surface area contributed by atoms with Crippen LogP contribution in [-0.4, -0.2) is 29.0 Å². The fourth-order valence-electron chi connectivity index (χ4n) is 2.16. The Morgan fingerprint density at radius 2 is 1.77 bits per heavy atom. The van der Waals surface area contributed by atoms with Crippen LogP contribution in [0.25, 0.3) is 17.3 Å².